The van der Waals surface area contributed by atoms with Crippen molar-refractivity contribution in [1.29, 1.82) is 0 Å². The van der Waals surface area contributed by atoms with Crippen LogP contribution >= 0.6 is 0 Å². The number of hydrogen-bond donors (Lipinski definition) is 1. The molecule has 2 aromatic rings. The highest BCUT2D eigenvalue weighted by atomic mass is 15.3. The van der Waals surface area contributed by atoms with Crippen LogP contribution in [0.5, 0.6) is 0 Å². The van der Waals surface area contributed by atoms with Crippen LogP contribution in [-0.2, 0) is 13.1 Å². The van der Waals surface area contributed by atoms with Crippen LogP contribution in [-0.4, -0.2) is 34.3 Å². The number of nitrogens with two attached hydrogens (primary N) is 1. The van der Waals surface area contributed by atoms with Crippen LogP contribution in [0, 0.1) is 5.92 Å². The fourth-order valence-electron chi connectivity index (χ4n) is 3.53. The van der Waals surface area contributed by atoms with E-state index in [1.807, 2.05) is 0 Å². The first-order valence-corrected chi connectivity index (χ1v) is 8.18. The molecular formula is C17H26N4. The number of aryl methyl sites for hydroxylation is 1. The van der Waals surface area contributed by atoms with E-state index in [-0.39, 0.29) is 0 Å². The number of para-hydroxylation sites is 1. The minimum absolute atomic E-state index is 0.767. The van der Waals surface area contributed by atoms with Crippen molar-refractivity contribution in [3.05, 3.63) is 30.0 Å². The van der Waals surface area contributed by atoms with Gasteiger partial charge in [-0.2, -0.15) is 5.10 Å². The first-order chi connectivity index (χ1) is 10.3. The van der Waals surface area contributed by atoms with E-state index in [0.717, 1.165) is 32.0 Å². The minimum atomic E-state index is 0.767. The highest BCUT2D eigenvalue weighted by molar-refractivity contribution is 5.81. The summed E-state index contributed by atoms with van der Waals surface area (Å²) in [5.74, 6) is 0.767. The van der Waals surface area contributed by atoms with E-state index in [1.165, 1.54) is 42.5 Å². The van der Waals surface area contributed by atoms with Gasteiger partial charge < -0.3 is 5.73 Å². The largest absolute Gasteiger partial charge is 0.330 e. The number of nitrogens with zero attached hydrogens (tertiary/aromatic N) is 3. The average Bonchev–Trinajstić information content (AvgIpc) is 2.86. The quantitative estimate of drug-likeness (QED) is 0.919. The Hall–Kier alpha value is -1.39. The molecule has 1 aliphatic heterocycles. The van der Waals surface area contributed by atoms with Crippen molar-refractivity contribution in [2.75, 3.05) is 19.6 Å². The molecule has 0 aliphatic carbocycles. The number of hydrogen-bond acceptors (Lipinski definition) is 3. The van der Waals surface area contributed by atoms with E-state index in [9.17, 15) is 0 Å². The molecule has 2 N–H and O–H groups in total. The van der Waals surface area contributed by atoms with Gasteiger partial charge in [0.1, 0.15) is 0 Å². The molecule has 21 heavy (non-hydrogen) atoms. The fourth-order valence-corrected chi connectivity index (χ4v) is 3.53. The lowest BCUT2D eigenvalue weighted by molar-refractivity contribution is 0.161. The number of likely N-dealkylation sites (tertiary alicyclic amines) is 1. The summed E-state index contributed by atoms with van der Waals surface area (Å²) in [5, 5.41) is 6.13. The molecule has 1 atom stereocenters. The average molecular weight is 286 g/mol. The van der Waals surface area contributed by atoms with Crippen molar-refractivity contribution in [2.45, 2.75) is 39.3 Å². The summed E-state index contributed by atoms with van der Waals surface area (Å²) in [5.41, 5.74) is 8.20. The predicted molar refractivity (Wildman–Crippen MR) is 87.1 cm³/mol. The van der Waals surface area contributed by atoms with Crippen LogP contribution in [0.15, 0.2) is 24.3 Å². The number of fused-ring (bicyclic) bond motifs is 1. The third-order valence-electron chi connectivity index (χ3n) is 4.59. The zero-order valence-corrected chi connectivity index (χ0v) is 13.0. The normalized spacial score (nSPS) is 20.2. The second kappa shape index (κ2) is 6.58. The van der Waals surface area contributed by atoms with Crippen molar-refractivity contribution in [2.24, 2.45) is 11.7 Å². The summed E-state index contributed by atoms with van der Waals surface area (Å²) < 4.78 is 2.12. The molecule has 0 spiro atoms. The maximum atomic E-state index is 5.72. The molecular weight excluding hydrogens is 260 g/mol. The molecule has 0 saturated carbocycles. The van der Waals surface area contributed by atoms with E-state index in [1.54, 1.807) is 0 Å². The molecule has 3 rings (SSSR count). The van der Waals surface area contributed by atoms with Crippen LogP contribution in [0.4, 0.5) is 0 Å². The third kappa shape index (κ3) is 3.11. The third-order valence-corrected chi connectivity index (χ3v) is 4.59. The first kappa shape index (κ1) is 14.5. The second-order valence-corrected chi connectivity index (χ2v) is 6.10. The summed E-state index contributed by atoms with van der Waals surface area (Å²) in [6.45, 7) is 7.22. The molecule has 4 heteroatoms. The van der Waals surface area contributed by atoms with E-state index < -0.39 is 0 Å². The van der Waals surface area contributed by atoms with E-state index in [4.69, 9.17) is 10.8 Å². The van der Waals surface area contributed by atoms with Crippen molar-refractivity contribution >= 4 is 10.9 Å². The van der Waals surface area contributed by atoms with Gasteiger partial charge in [-0.15, -0.1) is 0 Å². The van der Waals surface area contributed by atoms with Gasteiger partial charge in [-0.05, 0) is 51.3 Å². The molecule has 1 fully saturated rings. The molecule has 0 radical (unpaired) electrons. The Morgan fingerprint density at radius 3 is 3.00 bits per heavy atom. The van der Waals surface area contributed by atoms with Crippen LogP contribution in [0.25, 0.3) is 10.9 Å². The second-order valence-electron chi connectivity index (χ2n) is 6.10. The number of piperidine rings is 1. The highest BCUT2D eigenvalue weighted by Gasteiger charge is 2.21. The smallest absolute Gasteiger partial charge is 0.0843 e. The predicted octanol–water partition coefficient (Wildman–Crippen LogP) is 2.62. The van der Waals surface area contributed by atoms with Gasteiger partial charge in [0.15, 0.2) is 0 Å². The standard InChI is InChI=1S/C17H26N4/c1-2-21-17-8-4-3-7-15(17)16(19-21)13-20-11-5-6-14(12-20)9-10-18/h3-4,7-8,14H,2,5-6,9-13,18H2,1H3. The van der Waals surface area contributed by atoms with Gasteiger partial charge in [0.2, 0.25) is 0 Å². The summed E-state index contributed by atoms with van der Waals surface area (Å²) in [4.78, 5) is 2.55. The minimum Gasteiger partial charge on any atom is -0.330 e. The van der Waals surface area contributed by atoms with Gasteiger partial charge in [0.05, 0.1) is 11.2 Å². The molecule has 1 aliphatic rings. The molecule has 1 unspecified atom stereocenters. The molecule has 1 saturated heterocycles. The van der Waals surface area contributed by atoms with Crippen LogP contribution in [0.3, 0.4) is 0 Å². The maximum Gasteiger partial charge on any atom is 0.0843 e. The van der Waals surface area contributed by atoms with Crippen molar-refractivity contribution < 1.29 is 0 Å². The lowest BCUT2D eigenvalue weighted by Gasteiger charge is -2.32. The molecule has 0 amide bonds. The zero-order chi connectivity index (χ0) is 14.7. The number of benzene rings is 1. The Kier molecular flexibility index (Phi) is 4.56. The SMILES string of the molecule is CCn1nc(CN2CCCC(CCN)C2)c2ccccc21. The van der Waals surface area contributed by atoms with Gasteiger partial charge in [0.25, 0.3) is 0 Å². The first-order valence-electron chi connectivity index (χ1n) is 8.18. The van der Waals surface area contributed by atoms with E-state index in [2.05, 4.69) is 40.8 Å². The molecule has 0 bridgehead atoms. The van der Waals surface area contributed by atoms with Gasteiger partial charge in [-0.1, -0.05) is 18.2 Å². The van der Waals surface area contributed by atoms with Crippen molar-refractivity contribution in [3.8, 4) is 0 Å². The molecule has 1 aromatic heterocycles. The van der Waals surface area contributed by atoms with E-state index >= 15 is 0 Å². The summed E-state index contributed by atoms with van der Waals surface area (Å²) in [7, 11) is 0. The van der Waals surface area contributed by atoms with E-state index in [0.29, 0.717) is 0 Å². The monoisotopic (exact) mass is 286 g/mol. The lowest BCUT2D eigenvalue weighted by Crippen LogP contribution is -2.35. The topological polar surface area (TPSA) is 47.1 Å². The summed E-state index contributed by atoms with van der Waals surface area (Å²) in [6.07, 6.45) is 3.77. The van der Waals surface area contributed by atoms with Crippen molar-refractivity contribution in [3.63, 3.8) is 0 Å². The number of aromatic nitrogens is 2. The molecule has 4 nitrogen and oxygen atoms in total. The van der Waals surface area contributed by atoms with Gasteiger partial charge >= 0.3 is 0 Å². The molecule has 114 valence electrons. The van der Waals surface area contributed by atoms with Gasteiger partial charge in [-0.3, -0.25) is 9.58 Å². The summed E-state index contributed by atoms with van der Waals surface area (Å²) >= 11 is 0. The Morgan fingerprint density at radius 2 is 2.19 bits per heavy atom. The molecule has 1 aromatic carbocycles. The van der Waals surface area contributed by atoms with Crippen LogP contribution in [0.2, 0.25) is 0 Å². The Balaban J connectivity index is 1.78. The zero-order valence-electron chi connectivity index (χ0n) is 13.0. The lowest BCUT2D eigenvalue weighted by atomic mass is 9.95. The number of rotatable bonds is 5. The highest BCUT2D eigenvalue weighted by Crippen LogP contribution is 2.24. The molecule has 2 heterocycles. The van der Waals surface area contributed by atoms with Crippen molar-refractivity contribution in [1.82, 2.24) is 14.7 Å². The summed E-state index contributed by atoms with van der Waals surface area (Å²) in [6, 6.07) is 8.58. The Labute approximate surface area is 126 Å². The van der Waals surface area contributed by atoms with Crippen LogP contribution in [0.1, 0.15) is 31.9 Å². The Bertz CT molecular complexity index is 587. The maximum absolute atomic E-state index is 5.72. The fraction of sp³-hybridized carbons (Fsp3) is 0.588. The Morgan fingerprint density at radius 1 is 1.33 bits per heavy atom. The van der Waals surface area contributed by atoms with Gasteiger partial charge in [-0.25, -0.2) is 0 Å². The van der Waals surface area contributed by atoms with Crippen LogP contribution < -0.4 is 5.73 Å². The van der Waals surface area contributed by atoms with Gasteiger partial charge in [0, 0.05) is 25.0 Å².